The molecule has 1 unspecified atom stereocenters. The molecule has 3 aromatic rings. The minimum Gasteiger partial charge on any atom is -0.378 e. The van der Waals surface area contributed by atoms with Crippen LogP contribution in [0.3, 0.4) is 0 Å². The molecule has 2 aliphatic heterocycles. The van der Waals surface area contributed by atoms with Crippen LogP contribution in [-0.4, -0.2) is 42.7 Å². The largest absolute Gasteiger partial charge is 0.378 e. The van der Waals surface area contributed by atoms with Crippen molar-refractivity contribution in [2.45, 2.75) is 38.4 Å². The van der Waals surface area contributed by atoms with Gasteiger partial charge < -0.3 is 19.9 Å². The molecule has 1 atom stereocenters. The van der Waals surface area contributed by atoms with E-state index in [9.17, 15) is 0 Å². The lowest BCUT2D eigenvalue weighted by atomic mass is 9.88. The van der Waals surface area contributed by atoms with Crippen molar-refractivity contribution in [2.75, 3.05) is 31.2 Å². The van der Waals surface area contributed by atoms with Crippen LogP contribution in [0.5, 0.6) is 0 Å². The van der Waals surface area contributed by atoms with Gasteiger partial charge in [-0.15, -0.1) is 0 Å². The summed E-state index contributed by atoms with van der Waals surface area (Å²) in [6, 6.07) is 30.1. The van der Waals surface area contributed by atoms with Gasteiger partial charge in [0.05, 0.1) is 24.9 Å². The van der Waals surface area contributed by atoms with Crippen LogP contribution in [-0.2, 0) is 11.3 Å². The minimum absolute atomic E-state index is 0.0892. The Kier molecular flexibility index (Phi) is 6.66. The van der Waals surface area contributed by atoms with Crippen molar-refractivity contribution in [3.63, 3.8) is 0 Å². The maximum Gasteiger partial charge on any atom is 0.207 e. The van der Waals surface area contributed by atoms with Crippen LogP contribution in [0.1, 0.15) is 37.4 Å². The van der Waals surface area contributed by atoms with E-state index in [1.165, 1.54) is 16.8 Å². The zero-order valence-corrected chi connectivity index (χ0v) is 20.2. The molecule has 2 heterocycles. The Morgan fingerprint density at radius 1 is 0.882 bits per heavy atom. The molecule has 0 spiro atoms. The number of aliphatic imine (C=N–C) groups is 1. The van der Waals surface area contributed by atoms with Gasteiger partial charge in [0.2, 0.25) is 5.96 Å². The van der Waals surface area contributed by atoms with Gasteiger partial charge in [-0.3, -0.25) is 0 Å². The first-order chi connectivity index (χ1) is 16.6. The van der Waals surface area contributed by atoms with E-state index in [2.05, 4.69) is 114 Å². The highest BCUT2D eigenvalue weighted by Crippen LogP contribution is 2.42. The van der Waals surface area contributed by atoms with Gasteiger partial charge in [-0.1, -0.05) is 66.7 Å². The molecule has 5 heteroatoms. The van der Waals surface area contributed by atoms with E-state index >= 15 is 0 Å². The molecule has 0 bridgehead atoms. The van der Waals surface area contributed by atoms with Gasteiger partial charge in [-0.2, -0.15) is 0 Å². The van der Waals surface area contributed by atoms with Crippen molar-refractivity contribution >= 4 is 17.3 Å². The molecule has 5 rings (SSSR count). The topological polar surface area (TPSA) is 40.1 Å². The molecule has 1 fully saturated rings. The van der Waals surface area contributed by atoms with Crippen LogP contribution in [0.25, 0.3) is 0 Å². The highest BCUT2D eigenvalue weighted by atomic mass is 16.5. The maximum atomic E-state index is 5.66. The number of hydrogen-bond acceptors (Lipinski definition) is 5. The number of anilines is 1. The second kappa shape index (κ2) is 10.00. The van der Waals surface area contributed by atoms with Gasteiger partial charge in [0, 0.05) is 36.4 Å². The SMILES string of the molecule is CC(C)(CC1c2ccccc2N=C(N2CCOCC2)N1c1ccccc1)NCc1ccccc1. The van der Waals surface area contributed by atoms with E-state index in [4.69, 9.17) is 9.73 Å². The molecule has 1 N–H and O–H groups in total. The van der Waals surface area contributed by atoms with Gasteiger partial charge in [0.15, 0.2) is 0 Å². The molecule has 0 aromatic heterocycles. The van der Waals surface area contributed by atoms with Crippen LogP contribution in [0.2, 0.25) is 0 Å². The lowest BCUT2D eigenvalue weighted by Gasteiger charge is -2.45. The van der Waals surface area contributed by atoms with Crippen molar-refractivity contribution in [2.24, 2.45) is 4.99 Å². The van der Waals surface area contributed by atoms with Crippen LogP contribution in [0.4, 0.5) is 11.4 Å². The molecule has 0 aliphatic carbocycles. The standard InChI is InChI=1S/C29H34N4O/c1-29(2,30-22-23-11-5-3-6-12-23)21-27-25-15-9-10-16-26(25)31-28(32-17-19-34-20-18-32)33(27)24-13-7-4-8-14-24/h3-16,27,30H,17-22H2,1-2H3. The van der Waals surface area contributed by atoms with E-state index in [0.717, 1.165) is 50.9 Å². The third-order valence-electron chi connectivity index (χ3n) is 6.69. The number of rotatable bonds is 6. The van der Waals surface area contributed by atoms with Crippen molar-refractivity contribution in [3.8, 4) is 0 Å². The molecule has 1 saturated heterocycles. The Bertz CT molecular complexity index is 1110. The first-order valence-corrected chi connectivity index (χ1v) is 12.2. The summed E-state index contributed by atoms with van der Waals surface area (Å²) in [6.45, 7) is 8.64. The number of nitrogens with zero attached hydrogens (tertiary/aromatic N) is 3. The number of ether oxygens (including phenoxy) is 1. The number of morpholine rings is 1. The molecular formula is C29H34N4O. The Balaban J connectivity index is 1.50. The second-order valence-corrected chi connectivity index (χ2v) is 9.72. The quantitative estimate of drug-likeness (QED) is 0.532. The molecule has 34 heavy (non-hydrogen) atoms. The fourth-order valence-electron chi connectivity index (χ4n) is 4.88. The van der Waals surface area contributed by atoms with Gasteiger partial charge in [0.1, 0.15) is 0 Å². The van der Waals surface area contributed by atoms with E-state index < -0.39 is 0 Å². The number of nitrogens with one attached hydrogen (secondary N) is 1. The van der Waals surface area contributed by atoms with E-state index in [1.807, 2.05) is 0 Å². The van der Waals surface area contributed by atoms with Crippen molar-refractivity contribution < 1.29 is 4.74 Å². The summed E-state index contributed by atoms with van der Waals surface area (Å²) in [6.07, 6.45) is 0.940. The van der Waals surface area contributed by atoms with E-state index in [1.54, 1.807) is 0 Å². The van der Waals surface area contributed by atoms with Crippen molar-refractivity contribution in [3.05, 3.63) is 96.1 Å². The predicted molar refractivity (Wildman–Crippen MR) is 140 cm³/mol. The minimum atomic E-state index is -0.0892. The summed E-state index contributed by atoms with van der Waals surface area (Å²) in [4.78, 5) is 10.0. The smallest absolute Gasteiger partial charge is 0.207 e. The van der Waals surface area contributed by atoms with Crippen LogP contribution in [0.15, 0.2) is 89.9 Å². The summed E-state index contributed by atoms with van der Waals surface area (Å²) in [5.41, 5.74) is 4.73. The number of benzene rings is 3. The zero-order chi connectivity index (χ0) is 23.4. The van der Waals surface area contributed by atoms with E-state index in [0.29, 0.717) is 0 Å². The summed E-state index contributed by atoms with van der Waals surface area (Å²) < 4.78 is 5.66. The second-order valence-electron chi connectivity index (χ2n) is 9.72. The summed E-state index contributed by atoms with van der Waals surface area (Å²) in [5, 5.41) is 3.82. The lowest BCUT2D eigenvalue weighted by molar-refractivity contribution is 0.0669. The molecule has 0 saturated carbocycles. The normalized spacial score (nSPS) is 18.4. The first-order valence-electron chi connectivity index (χ1n) is 12.2. The fourth-order valence-corrected chi connectivity index (χ4v) is 4.88. The number of guanidine groups is 1. The summed E-state index contributed by atoms with van der Waals surface area (Å²) in [5.74, 6) is 1.03. The Labute approximate surface area is 203 Å². The molecule has 0 radical (unpaired) electrons. The van der Waals surface area contributed by atoms with E-state index in [-0.39, 0.29) is 11.6 Å². The average Bonchev–Trinajstić information content (AvgIpc) is 2.89. The summed E-state index contributed by atoms with van der Waals surface area (Å²) >= 11 is 0. The highest BCUT2D eigenvalue weighted by molar-refractivity contribution is 6.00. The molecule has 0 amide bonds. The van der Waals surface area contributed by atoms with Crippen LogP contribution in [0, 0.1) is 0 Å². The summed E-state index contributed by atoms with van der Waals surface area (Å²) in [7, 11) is 0. The molecule has 2 aliphatic rings. The van der Waals surface area contributed by atoms with Crippen molar-refractivity contribution in [1.82, 2.24) is 10.2 Å². The number of para-hydroxylation sites is 2. The highest BCUT2D eigenvalue weighted by Gasteiger charge is 2.37. The number of hydrogen-bond donors (Lipinski definition) is 1. The maximum absolute atomic E-state index is 5.66. The Morgan fingerprint density at radius 2 is 1.53 bits per heavy atom. The molecule has 3 aromatic carbocycles. The van der Waals surface area contributed by atoms with Crippen LogP contribution < -0.4 is 10.2 Å². The van der Waals surface area contributed by atoms with Gasteiger partial charge in [-0.05, 0) is 44.0 Å². The predicted octanol–water partition coefficient (Wildman–Crippen LogP) is 5.53. The van der Waals surface area contributed by atoms with Gasteiger partial charge >= 0.3 is 0 Å². The Hall–Kier alpha value is -3.15. The Morgan fingerprint density at radius 3 is 2.26 bits per heavy atom. The third-order valence-corrected chi connectivity index (χ3v) is 6.69. The third kappa shape index (κ3) is 5.01. The zero-order valence-electron chi connectivity index (χ0n) is 20.2. The lowest BCUT2D eigenvalue weighted by Crippen LogP contribution is -2.53. The fraction of sp³-hybridized carbons (Fsp3) is 0.345. The molecular weight excluding hydrogens is 420 g/mol. The number of fused-ring (bicyclic) bond motifs is 1. The van der Waals surface area contributed by atoms with Crippen molar-refractivity contribution in [1.29, 1.82) is 0 Å². The molecule has 176 valence electrons. The van der Waals surface area contributed by atoms with Crippen LogP contribution >= 0.6 is 0 Å². The van der Waals surface area contributed by atoms with Gasteiger partial charge in [0.25, 0.3) is 0 Å². The monoisotopic (exact) mass is 454 g/mol. The van der Waals surface area contributed by atoms with Gasteiger partial charge in [-0.25, -0.2) is 4.99 Å². The molecule has 5 nitrogen and oxygen atoms in total. The average molecular weight is 455 g/mol. The first kappa shape index (κ1) is 22.6.